The fourth-order valence-electron chi connectivity index (χ4n) is 4.02. The van der Waals surface area contributed by atoms with Crippen LogP contribution >= 0.6 is 0 Å². The van der Waals surface area contributed by atoms with Gasteiger partial charge in [-0.3, -0.25) is 0 Å². The minimum Gasteiger partial charge on any atom is -0.484 e. The average molecular weight is 414 g/mol. The maximum absolute atomic E-state index is 6.04. The van der Waals surface area contributed by atoms with Crippen LogP contribution < -0.4 is 9.64 Å². The first-order chi connectivity index (χ1) is 15.2. The van der Waals surface area contributed by atoms with Crippen molar-refractivity contribution in [1.82, 2.24) is 9.88 Å². The summed E-state index contributed by atoms with van der Waals surface area (Å²) >= 11 is 0. The molecular weight excluding hydrogens is 386 g/mol. The quantitative estimate of drug-likeness (QED) is 0.453. The van der Waals surface area contributed by atoms with Crippen molar-refractivity contribution < 1.29 is 9.15 Å². The molecule has 4 aromatic rings. The number of fused-ring (bicyclic) bond motifs is 1. The Balaban J connectivity index is 1.33. The number of oxazole rings is 1. The molecule has 0 radical (unpaired) electrons. The molecular formula is C26H27N3O2. The molecule has 1 fully saturated rings. The van der Waals surface area contributed by atoms with E-state index in [0.29, 0.717) is 12.5 Å². The van der Waals surface area contributed by atoms with E-state index in [9.17, 15) is 0 Å². The van der Waals surface area contributed by atoms with Crippen LogP contribution in [0.1, 0.15) is 11.5 Å². The van der Waals surface area contributed by atoms with Gasteiger partial charge in [0.2, 0.25) is 5.89 Å². The zero-order valence-electron chi connectivity index (χ0n) is 18.0. The van der Waals surface area contributed by atoms with Gasteiger partial charge in [0.1, 0.15) is 5.75 Å². The van der Waals surface area contributed by atoms with Crippen LogP contribution in [0.3, 0.4) is 0 Å². The van der Waals surface area contributed by atoms with Gasteiger partial charge in [-0.15, -0.1) is 0 Å². The minimum absolute atomic E-state index is 0.300. The van der Waals surface area contributed by atoms with E-state index in [0.717, 1.165) is 43.3 Å². The Morgan fingerprint density at radius 2 is 1.77 bits per heavy atom. The van der Waals surface area contributed by atoms with Gasteiger partial charge in [-0.2, -0.15) is 0 Å². The number of aromatic nitrogens is 1. The van der Waals surface area contributed by atoms with E-state index < -0.39 is 0 Å². The molecule has 158 valence electrons. The highest BCUT2D eigenvalue weighted by Gasteiger charge is 2.16. The van der Waals surface area contributed by atoms with Gasteiger partial charge in [-0.1, -0.05) is 48.0 Å². The molecule has 5 rings (SSSR count). The lowest BCUT2D eigenvalue weighted by Gasteiger charge is -2.34. The Labute approximate surface area is 182 Å². The van der Waals surface area contributed by atoms with Gasteiger partial charge in [0.25, 0.3) is 0 Å². The topological polar surface area (TPSA) is 41.7 Å². The molecule has 0 N–H and O–H groups in total. The molecule has 1 saturated heterocycles. The molecule has 1 aromatic heterocycles. The number of hydrogen-bond donors (Lipinski definition) is 0. The number of piperazine rings is 1. The van der Waals surface area contributed by atoms with Crippen molar-refractivity contribution in [2.75, 3.05) is 38.1 Å². The molecule has 1 aliphatic rings. The van der Waals surface area contributed by atoms with Crippen molar-refractivity contribution in [3.05, 3.63) is 78.3 Å². The first-order valence-corrected chi connectivity index (χ1v) is 10.8. The number of rotatable bonds is 5. The maximum atomic E-state index is 6.04. The Morgan fingerprint density at radius 1 is 0.968 bits per heavy atom. The van der Waals surface area contributed by atoms with Crippen LogP contribution in [0.4, 0.5) is 5.69 Å². The van der Waals surface area contributed by atoms with Crippen LogP contribution in [-0.2, 0) is 6.61 Å². The second kappa shape index (κ2) is 8.44. The second-order valence-electron chi connectivity index (χ2n) is 8.22. The largest absolute Gasteiger partial charge is 0.484 e. The molecule has 5 nitrogen and oxygen atoms in total. The van der Waals surface area contributed by atoms with Gasteiger partial charge < -0.3 is 19.0 Å². The fraction of sp³-hybridized carbons (Fsp3) is 0.269. The number of hydrogen-bond acceptors (Lipinski definition) is 5. The van der Waals surface area contributed by atoms with Crippen LogP contribution in [0.15, 0.2) is 71.3 Å². The Bertz CT molecular complexity index is 1170. The van der Waals surface area contributed by atoms with Gasteiger partial charge in [0.15, 0.2) is 12.4 Å². The number of benzene rings is 3. The Kier molecular flexibility index (Phi) is 5.35. The highest BCUT2D eigenvalue weighted by atomic mass is 16.5. The summed E-state index contributed by atoms with van der Waals surface area (Å²) in [4.78, 5) is 9.22. The highest BCUT2D eigenvalue weighted by Crippen LogP contribution is 2.31. The smallest absolute Gasteiger partial charge is 0.232 e. The zero-order chi connectivity index (χ0) is 21.2. The standard InChI is InChI=1S/C26H27N3O2/c1-19-6-8-21(9-7-19)25-17-27-26(31-25)18-30-22-11-10-20-4-3-5-24(23(20)16-22)29-14-12-28(2)13-15-29/h3-11,16-17H,12-15,18H2,1-2H3. The van der Waals surface area contributed by atoms with E-state index in [1.54, 1.807) is 6.20 Å². The molecule has 5 heteroatoms. The zero-order valence-corrected chi connectivity index (χ0v) is 18.0. The second-order valence-corrected chi connectivity index (χ2v) is 8.22. The van der Waals surface area contributed by atoms with Gasteiger partial charge in [-0.25, -0.2) is 4.98 Å². The van der Waals surface area contributed by atoms with Crippen molar-refractivity contribution in [3.8, 4) is 17.1 Å². The average Bonchev–Trinajstić information content (AvgIpc) is 3.27. The first-order valence-electron chi connectivity index (χ1n) is 10.8. The van der Waals surface area contributed by atoms with E-state index in [1.165, 1.54) is 22.0 Å². The van der Waals surface area contributed by atoms with Gasteiger partial charge in [-0.05, 0) is 37.6 Å². The number of nitrogens with zero attached hydrogens (tertiary/aromatic N) is 3. The van der Waals surface area contributed by atoms with Crippen molar-refractivity contribution >= 4 is 16.5 Å². The van der Waals surface area contributed by atoms with E-state index in [4.69, 9.17) is 9.15 Å². The molecule has 0 aliphatic carbocycles. The van der Waals surface area contributed by atoms with Crippen LogP contribution in [0.25, 0.3) is 22.1 Å². The number of likely N-dealkylation sites (N-methyl/N-ethyl adjacent to an activating group) is 1. The summed E-state index contributed by atoms with van der Waals surface area (Å²) in [6, 6.07) is 21.0. The summed E-state index contributed by atoms with van der Waals surface area (Å²) in [5, 5.41) is 2.44. The third-order valence-corrected chi connectivity index (χ3v) is 5.93. The summed E-state index contributed by atoms with van der Waals surface area (Å²) in [6.07, 6.45) is 1.76. The molecule has 0 spiro atoms. The monoisotopic (exact) mass is 413 g/mol. The Hall–Kier alpha value is -3.31. The summed E-state index contributed by atoms with van der Waals surface area (Å²) in [7, 11) is 2.18. The molecule has 3 aromatic carbocycles. The first kappa shape index (κ1) is 19.6. The van der Waals surface area contributed by atoms with Crippen LogP contribution in [0.2, 0.25) is 0 Å². The summed E-state index contributed by atoms with van der Waals surface area (Å²) in [6.45, 7) is 6.62. The number of aryl methyl sites for hydroxylation is 1. The third kappa shape index (κ3) is 4.28. The van der Waals surface area contributed by atoms with E-state index in [2.05, 4.69) is 71.2 Å². The molecule has 0 unspecified atom stereocenters. The lowest BCUT2D eigenvalue weighted by molar-refractivity contribution is 0.265. The maximum Gasteiger partial charge on any atom is 0.232 e. The molecule has 0 saturated carbocycles. The summed E-state index contributed by atoms with van der Waals surface area (Å²) < 4.78 is 11.9. The SMILES string of the molecule is Cc1ccc(-c2cnc(COc3ccc4cccc(N5CCN(C)CC5)c4c3)o2)cc1. The highest BCUT2D eigenvalue weighted by molar-refractivity contribution is 5.95. The predicted octanol–water partition coefficient (Wildman–Crippen LogP) is 5.13. The predicted molar refractivity (Wildman–Crippen MR) is 125 cm³/mol. The number of ether oxygens (including phenoxy) is 1. The van der Waals surface area contributed by atoms with Crippen LogP contribution in [-0.4, -0.2) is 43.1 Å². The van der Waals surface area contributed by atoms with Gasteiger partial charge >= 0.3 is 0 Å². The molecule has 0 amide bonds. The lowest BCUT2D eigenvalue weighted by Crippen LogP contribution is -2.44. The molecule has 0 atom stereocenters. The molecule has 0 bridgehead atoms. The van der Waals surface area contributed by atoms with Gasteiger partial charge in [0.05, 0.1) is 6.20 Å². The van der Waals surface area contributed by atoms with Crippen LogP contribution in [0, 0.1) is 6.92 Å². The fourth-order valence-corrected chi connectivity index (χ4v) is 4.02. The van der Waals surface area contributed by atoms with Crippen LogP contribution in [0.5, 0.6) is 5.75 Å². The lowest BCUT2D eigenvalue weighted by atomic mass is 10.1. The van der Waals surface area contributed by atoms with Crippen molar-refractivity contribution in [3.63, 3.8) is 0 Å². The molecule has 2 heterocycles. The normalized spacial score (nSPS) is 14.8. The van der Waals surface area contributed by atoms with E-state index in [-0.39, 0.29) is 0 Å². The van der Waals surface area contributed by atoms with E-state index >= 15 is 0 Å². The third-order valence-electron chi connectivity index (χ3n) is 5.93. The van der Waals surface area contributed by atoms with Crippen molar-refractivity contribution in [2.45, 2.75) is 13.5 Å². The summed E-state index contributed by atoms with van der Waals surface area (Å²) in [5.74, 6) is 2.15. The number of anilines is 1. The van der Waals surface area contributed by atoms with Crippen molar-refractivity contribution in [1.29, 1.82) is 0 Å². The van der Waals surface area contributed by atoms with Crippen molar-refractivity contribution in [2.24, 2.45) is 0 Å². The molecule has 31 heavy (non-hydrogen) atoms. The molecule has 1 aliphatic heterocycles. The summed E-state index contributed by atoms with van der Waals surface area (Å²) in [5.41, 5.74) is 3.51. The Morgan fingerprint density at radius 3 is 2.58 bits per heavy atom. The van der Waals surface area contributed by atoms with E-state index in [1.807, 2.05) is 18.2 Å². The van der Waals surface area contributed by atoms with Gasteiger partial charge in [0, 0.05) is 42.8 Å². The minimum atomic E-state index is 0.300.